The molecule has 96 valence electrons. The lowest BCUT2D eigenvalue weighted by Gasteiger charge is -2.18. The standard InChI is InChI=1S/C12H18F2N2O/c1-8(2)17-7-9(16-15)6-10-11(13)4-3-5-12(10)14/h3-5,8-9,16H,6-7,15H2,1-2H3. The molecule has 0 amide bonds. The first kappa shape index (κ1) is 14.0. The molecule has 0 aliphatic carbocycles. The summed E-state index contributed by atoms with van der Waals surface area (Å²) in [5, 5.41) is 0. The Morgan fingerprint density at radius 2 is 1.88 bits per heavy atom. The van der Waals surface area contributed by atoms with Gasteiger partial charge in [0.2, 0.25) is 0 Å². The molecule has 0 saturated heterocycles. The van der Waals surface area contributed by atoms with Crippen LogP contribution in [0.4, 0.5) is 8.78 Å². The highest BCUT2D eigenvalue weighted by atomic mass is 19.1. The summed E-state index contributed by atoms with van der Waals surface area (Å²) in [6, 6.07) is 3.48. The Hall–Kier alpha value is -1.04. The SMILES string of the molecule is CC(C)OCC(Cc1c(F)cccc1F)NN. The van der Waals surface area contributed by atoms with E-state index in [0.717, 1.165) is 0 Å². The van der Waals surface area contributed by atoms with E-state index in [4.69, 9.17) is 10.6 Å². The molecule has 0 fully saturated rings. The third kappa shape index (κ3) is 4.38. The molecular formula is C12H18F2N2O. The second-order valence-corrected chi connectivity index (χ2v) is 4.15. The average molecular weight is 244 g/mol. The topological polar surface area (TPSA) is 47.3 Å². The van der Waals surface area contributed by atoms with E-state index in [-0.39, 0.29) is 24.1 Å². The van der Waals surface area contributed by atoms with Gasteiger partial charge in [0.05, 0.1) is 12.7 Å². The highest BCUT2D eigenvalue weighted by molar-refractivity contribution is 5.20. The number of ether oxygens (including phenoxy) is 1. The van der Waals surface area contributed by atoms with Crippen molar-refractivity contribution in [3.63, 3.8) is 0 Å². The van der Waals surface area contributed by atoms with Gasteiger partial charge in [0.1, 0.15) is 11.6 Å². The van der Waals surface area contributed by atoms with Crippen molar-refractivity contribution in [3.05, 3.63) is 35.4 Å². The molecular weight excluding hydrogens is 226 g/mol. The molecule has 5 heteroatoms. The average Bonchev–Trinajstić information content (AvgIpc) is 2.27. The number of benzene rings is 1. The largest absolute Gasteiger partial charge is 0.377 e. The predicted molar refractivity (Wildman–Crippen MR) is 62.3 cm³/mol. The molecule has 0 saturated carbocycles. The lowest BCUT2D eigenvalue weighted by molar-refractivity contribution is 0.0610. The minimum atomic E-state index is -0.560. The van der Waals surface area contributed by atoms with Crippen LogP contribution in [0, 0.1) is 11.6 Å². The predicted octanol–water partition coefficient (Wildman–Crippen LogP) is 1.76. The second-order valence-electron chi connectivity index (χ2n) is 4.15. The van der Waals surface area contributed by atoms with Crippen molar-refractivity contribution >= 4 is 0 Å². The Bertz CT molecular complexity index is 338. The molecule has 3 nitrogen and oxygen atoms in total. The fourth-order valence-electron chi connectivity index (χ4n) is 1.45. The van der Waals surface area contributed by atoms with Gasteiger partial charge < -0.3 is 4.74 Å². The first-order valence-electron chi connectivity index (χ1n) is 5.55. The van der Waals surface area contributed by atoms with Crippen LogP contribution in [0.5, 0.6) is 0 Å². The molecule has 3 N–H and O–H groups in total. The quantitative estimate of drug-likeness (QED) is 0.592. The summed E-state index contributed by atoms with van der Waals surface area (Å²) >= 11 is 0. The van der Waals surface area contributed by atoms with E-state index in [1.165, 1.54) is 18.2 Å². The Balaban J connectivity index is 2.67. The lowest BCUT2D eigenvalue weighted by atomic mass is 10.1. The normalized spacial score (nSPS) is 13.1. The fraction of sp³-hybridized carbons (Fsp3) is 0.500. The number of rotatable bonds is 6. The molecule has 0 heterocycles. The Labute approximate surface area is 99.9 Å². The third-order valence-electron chi connectivity index (χ3n) is 2.38. The van der Waals surface area contributed by atoms with Crippen molar-refractivity contribution in [2.75, 3.05) is 6.61 Å². The number of nitrogens with one attached hydrogen (secondary N) is 1. The number of hydrazine groups is 1. The molecule has 0 aliphatic heterocycles. The molecule has 0 aromatic heterocycles. The lowest BCUT2D eigenvalue weighted by Crippen LogP contribution is -2.41. The molecule has 1 rings (SSSR count). The molecule has 1 aromatic carbocycles. The smallest absolute Gasteiger partial charge is 0.129 e. The van der Waals surface area contributed by atoms with Crippen LogP contribution < -0.4 is 11.3 Å². The van der Waals surface area contributed by atoms with Crippen molar-refractivity contribution in [3.8, 4) is 0 Å². The van der Waals surface area contributed by atoms with E-state index in [1.807, 2.05) is 13.8 Å². The summed E-state index contributed by atoms with van der Waals surface area (Å²) in [6.07, 6.45) is 0.207. The summed E-state index contributed by atoms with van der Waals surface area (Å²) in [4.78, 5) is 0. The number of halogens is 2. The number of hydrogen-bond donors (Lipinski definition) is 2. The van der Waals surface area contributed by atoms with Gasteiger partial charge in [0.15, 0.2) is 0 Å². The summed E-state index contributed by atoms with van der Waals surface area (Å²) in [5.41, 5.74) is 2.53. The van der Waals surface area contributed by atoms with Crippen LogP contribution >= 0.6 is 0 Å². The Kier molecular flexibility index (Phi) is 5.47. The van der Waals surface area contributed by atoms with Crippen molar-refractivity contribution < 1.29 is 13.5 Å². The zero-order valence-electron chi connectivity index (χ0n) is 10.0. The minimum absolute atomic E-state index is 0.0304. The van der Waals surface area contributed by atoms with Gasteiger partial charge in [0, 0.05) is 11.6 Å². The summed E-state index contributed by atoms with van der Waals surface area (Å²) < 4.78 is 32.2. The monoisotopic (exact) mass is 244 g/mol. The zero-order chi connectivity index (χ0) is 12.8. The van der Waals surface area contributed by atoms with Gasteiger partial charge in [-0.3, -0.25) is 11.3 Å². The van der Waals surface area contributed by atoms with Gasteiger partial charge in [-0.05, 0) is 32.4 Å². The van der Waals surface area contributed by atoms with Crippen LogP contribution in [0.2, 0.25) is 0 Å². The molecule has 0 bridgehead atoms. The van der Waals surface area contributed by atoms with Crippen LogP contribution in [0.3, 0.4) is 0 Å². The van der Waals surface area contributed by atoms with Crippen molar-refractivity contribution in [1.29, 1.82) is 0 Å². The van der Waals surface area contributed by atoms with Crippen molar-refractivity contribution in [2.24, 2.45) is 5.84 Å². The Morgan fingerprint density at radius 1 is 1.29 bits per heavy atom. The van der Waals surface area contributed by atoms with E-state index >= 15 is 0 Å². The highest BCUT2D eigenvalue weighted by Gasteiger charge is 2.15. The van der Waals surface area contributed by atoms with Crippen LogP contribution in [-0.4, -0.2) is 18.8 Å². The van der Waals surface area contributed by atoms with Crippen LogP contribution in [0.25, 0.3) is 0 Å². The number of nitrogens with two attached hydrogens (primary N) is 1. The minimum Gasteiger partial charge on any atom is -0.377 e. The van der Waals surface area contributed by atoms with Crippen LogP contribution in [0.15, 0.2) is 18.2 Å². The molecule has 1 atom stereocenters. The Morgan fingerprint density at radius 3 is 2.35 bits per heavy atom. The molecule has 1 aromatic rings. The molecule has 1 unspecified atom stereocenters. The van der Waals surface area contributed by atoms with E-state index in [1.54, 1.807) is 0 Å². The number of hydrogen-bond acceptors (Lipinski definition) is 3. The summed E-state index contributed by atoms with van der Waals surface area (Å²) in [5.74, 6) is 4.21. The van der Waals surface area contributed by atoms with Gasteiger partial charge in [-0.15, -0.1) is 0 Å². The van der Waals surface area contributed by atoms with Crippen LogP contribution in [0.1, 0.15) is 19.4 Å². The maximum absolute atomic E-state index is 13.4. The highest BCUT2D eigenvalue weighted by Crippen LogP contribution is 2.14. The first-order chi connectivity index (χ1) is 8.04. The maximum atomic E-state index is 13.4. The van der Waals surface area contributed by atoms with E-state index in [2.05, 4.69) is 5.43 Å². The van der Waals surface area contributed by atoms with E-state index < -0.39 is 11.6 Å². The van der Waals surface area contributed by atoms with E-state index in [0.29, 0.717) is 6.61 Å². The molecule has 0 spiro atoms. The van der Waals surface area contributed by atoms with Crippen LogP contribution in [-0.2, 0) is 11.2 Å². The van der Waals surface area contributed by atoms with Gasteiger partial charge in [0.25, 0.3) is 0 Å². The van der Waals surface area contributed by atoms with Crippen molar-refractivity contribution in [2.45, 2.75) is 32.4 Å². The maximum Gasteiger partial charge on any atom is 0.129 e. The second kappa shape index (κ2) is 6.64. The summed E-state index contributed by atoms with van der Waals surface area (Å²) in [7, 11) is 0. The van der Waals surface area contributed by atoms with Gasteiger partial charge in [-0.1, -0.05) is 6.07 Å². The van der Waals surface area contributed by atoms with Crippen molar-refractivity contribution in [1.82, 2.24) is 5.43 Å². The van der Waals surface area contributed by atoms with E-state index in [9.17, 15) is 8.78 Å². The zero-order valence-corrected chi connectivity index (χ0v) is 10.0. The first-order valence-corrected chi connectivity index (χ1v) is 5.55. The van der Waals surface area contributed by atoms with Gasteiger partial charge in [-0.25, -0.2) is 8.78 Å². The van der Waals surface area contributed by atoms with Gasteiger partial charge >= 0.3 is 0 Å². The molecule has 0 aliphatic rings. The molecule has 0 radical (unpaired) electrons. The fourth-order valence-corrected chi connectivity index (χ4v) is 1.45. The summed E-state index contributed by atoms with van der Waals surface area (Å²) in [6.45, 7) is 4.08. The third-order valence-corrected chi connectivity index (χ3v) is 2.38. The molecule has 17 heavy (non-hydrogen) atoms. The van der Waals surface area contributed by atoms with Gasteiger partial charge in [-0.2, -0.15) is 0 Å².